The molecule has 0 atom stereocenters. The molecule has 0 bridgehead atoms. The van der Waals surface area contributed by atoms with Crippen LogP contribution in [0.3, 0.4) is 0 Å². The van der Waals surface area contributed by atoms with Crippen molar-refractivity contribution in [3.05, 3.63) is 30.6 Å². The molecule has 1 aliphatic rings. The summed E-state index contributed by atoms with van der Waals surface area (Å²) in [5, 5.41) is 5.71. The number of nitrogens with zero attached hydrogens (tertiary/aromatic N) is 2. The summed E-state index contributed by atoms with van der Waals surface area (Å²) in [6, 6.07) is 8.24. The van der Waals surface area contributed by atoms with E-state index in [0.29, 0.717) is 0 Å². The summed E-state index contributed by atoms with van der Waals surface area (Å²) in [5.74, 6) is 1.99. The molecule has 0 spiro atoms. The van der Waals surface area contributed by atoms with Gasteiger partial charge in [0.05, 0.1) is 5.52 Å². The van der Waals surface area contributed by atoms with Gasteiger partial charge in [0.15, 0.2) is 0 Å². The molecule has 0 aliphatic carbocycles. The van der Waals surface area contributed by atoms with Crippen LogP contribution in [0.2, 0.25) is 0 Å². The van der Waals surface area contributed by atoms with Crippen molar-refractivity contribution in [2.45, 2.75) is 17.9 Å². The van der Waals surface area contributed by atoms with E-state index < -0.39 is 0 Å². The van der Waals surface area contributed by atoms with Gasteiger partial charge in [0.2, 0.25) is 0 Å². The van der Waals surface area contributed by atoms with E-state index in [1.54, 1.807) is 6.33 Å². The van der Waals surface area contributed by atoms with Gasteiger partial charge in [-0.1, -0.05) is 18.2 Å². The molecule has 0 saturated carbocycles. The zero-order valence-corrected chi connectivity index (χ0v) is 11.1. The van der Waals surface area contributed by atoms with Gasteiger partial charge in [0, 0.05) is 11.1 Å². The molecule has 0 amide bonds. The second kappa shape index (κ2) is 5.67. The summed E-state index contributed by atoms with van der Waals surface area (Å²) in [5.41, 5.74) is 1.04. The number of para-hydroxylation sites is 1. The number of thioether (sulfide) groups is 1. The smallest absolute Gasteiger partial charge is 0.117 e. The van der Waals surface area contributed by atoms with E-state index in [2.05, 4.69) is 27.4 Å². The van der Waals surface area contributed by atoms with Crippen LogP contribution in [0.15, 0.2) is 35.6 Å². The average molecular weight is 259 g/mol. The molecule has 1 aromatic heterocycles. The van der Waals surface area contributed by atoms with E-state index >= 15 is 0 Å². The standard InChI is InChI=1S/C14H17N3S/c1-2-4-13-12(3-1)14(17-10-16-13)18-9-11-5-7-15-8-6-11/h1-4,10-11,15H,5-9H2. The minimum Gasteiger partial charge on any atom is -0.317 e. The summed E-state index contributed by atoms with van der Waals surface area (Å²) >= 11 is 1.88. The molecule has 1 fully saturated rings. The first-order valence-corrected chi connectivity index (χ1v) is 7.45. The van der Waals surface area contributed by atoms with Gasteiger partial charge in [0.1, 0.15) is 11.4 Å². The van der Waals surface area contributed by atoms with Crippen LogP contribution < -0.4 is 5.32 Å². The zero-order valence-electron chi connectivity index (χ0n) is 10.3. The molecule has 1 aromatic carbocycles. The molecule has 1 aliphatic heterocycles. The Morgan fingerprint density at radius 1 is 1.17 bits per heavy atom. The van der Waals surface area contributed by atoms with Crippen molar-refractivity contribution >= 4 is 22.7 Å². The van der Waals surface area contributed by atoms with E-state index in [1.807, 2.05) is 23.9 Å². The van der Waals surface area contributed by atoms with Crippen LogP contribution in [-0.2, 0) is 0 Å². The summed E-state index contributed by atoms with van der Waals surface area (Å²) in [6.07, 6.45) is 4.25. The van der Waals surface area contributed by atoms with Gasteiger partial charge in [-0.3, -0.25) is 0 Å². The number of fused-ring (bicyclic) bond motifs is 1. The van der Waals surface area contributed by atoms with Gasteiger partial charge < -0.3 is 5.32 Å². The van der Waals surface area contributed by atoms with Crippen molar-refractivity contribution in [2.75, 3.05) is 18.8 Å². The zero-order chi connectivity index (χ0) is 12.2. The van der Waals surface area contributed by atoms with Gasteiger partial charge in [-0.15, -0.1) is 11.8 Å². The van der Waals surface area contributed by atoms with E-state index in [9.17, 15) is 0 Å². The van der Waals surface area contributed by atoms with E-state index in [-0.39, 0.29) is 0 Å². The molecule has 18 heavy (non-hydrogen) atoms. The fraction of sp³-hybridized carbons (Fsp3) is 0.429. The molecular weight excluding hydrogens is 242 g/mol. The Kier molecular flexibility index (Phi) is 3.76. The van der Waals surface area contributed by atoms with Crippen LogP contribution in [0.1, 0.15) is 12.8 Å². The highest BCUT2D eigenvalue weighted by atomic mass is 32.2. The SMILES string of the molecule is c1ccc2c(SCC3CCNCC3)ncnc2c1. The molecule has 1 N–H and O–H groups in total. The van der Waals surface area contributed by atoms with Gasteiger partial charge >= 0.3 is 0 Å². The molecule has 2 heterocycles. The lowest BCUT2D eigenvalue weighted by Crippen LogP contribution is -2.28. The van der Waals surface area contributed by atoms with Crippen LogP contribution in [-0.4, -0.2) is 28.8 Å². The van der Waals surface area contributed by atoms with Crippen LogP contribution in [0, 0.1) is 5.92 Å². The van der Waals surface area contributed by atoms with Gasteiger partial charge in [-0.05, 0) is 37.9 Å². The predicted molar refractivity (Wildman–Crippen MR) is 75.9 cm³/mol. The van der Waals surface area contributed by atoms with Crippen LogP contribution in [0.5, 0.6) is 0 Å². The monoisotopic (exact) mass is 259 g/mol. The third-order valence-corrected chi connectivity index (χ3v) is 4.66. The molecule has 1 saturated heterocycles. The lowest BCUT2D eigenvalue weighted by Gasteiger charge is -2.21. The van der Waals surface area contributed by atoms with Crippen molar-refractivity contribution in [1.82, 2.24) is 15.3 Å². The van der Waals surface area contributed by atoms with Crippen LogP contribution in [0.25, 0.3) is 10.9 Å². The van der Waals surface area contributed by atoms with Crippen molar-refractivity contribution in [1.29, 1.82) is 0 Å². The lowest BCUT2D eigenvalue weighted by atomic mass is 10.0. The highest BCUT2D eigenvalue weighted by Crippen LogP contribution is 2.28. The predicted octanol–water partition coefficient (Wildman–Crippen LogP) is 2.72. The van der Waals surface area contributed by atoms with Gasteiger partial charge in [-0.2, -0.15) is 0 Å². The highest BCUT2D eigenvalue weighted by Gasteiger charge is 2.14. The maximum absolute atomic E-state index is 4.43. The third-order valence-electron chi connectivity index (χ3n) is 3.42. The second-order valence-electron chi connectivity index (χ2n) is 4.70. The summed E-state index contributed by atoms with van der Waals surface area (Å²) in [6.45, 7) is 2.32. The van der Waals surface area contributed by atoms with E-state index in [4.69, 9.17) is 0 Å². The first kappa shape index (κ1) is 11.9. The normalized spacial score (nSPS) is 17.1. The topological polar surface area (TPSA) is 37.8 Å². The minimum atomic E-state index is 0.824. The third kappa shape index (κ3) is 2.65. The molecule has 3 rings (SSSR count). The molecule has 4 heteroatoms. The summed E-state index contributed by atoms with van der Waals surface area (Å²) in [7, 11) is 0. The molecule has 2 aromatic rings. The Labute approximate surface area is 111 Å². The maximum atomic E-state index is 4.43. The van der Waals surface area contributed by atoms with Crippen LogP contribution in [0.4, 0.5) is 0 Å². The Morgan fingerprint density at radius 3 is 2.89 bits per heavy atom. The fourth-order valence-corrected chi connectivity index (χ4v) is 3.52. The first-order chi connectivity index (χ1) is 8.93. The highest BCUT2D eigenvalue weighted by molar-refractivity contribution is 7.99. The van der Waals surface area contributed by atoms with E-state index in [1.165, 1.54) is 24.0 Å². The minimum absolute atomic E-state index is 0.824. The molecule has 94 valence electrons. The fourth-order valence-electron chi connectivity index (χ4n) is 2.34. The average Bonchev–Trinajstić information content (AvgIpc) is 2.46. The number of rotatable bonds is 3. The Bertz CT molecular complexity index is 518. The molecule has 0 radical (unpaired) electrons. The number of piperidine rings is 1. The Hall–Kier alpha value is -1.13. The van der Waals surface area contributed by atoms with E-state index in [0.717, 1.165) is 29.6 Å². The summed E-state index contributed by atoms with van der Waals surface area (Å²) < 4.78 is 0. The number of nitrogens with one attached hydrogen (secondary N) is 1. The van der Waals surface area contributed by atoms with Gasteiger partial charge in [-0.25, -0.2) is 9.97 Å². The van der Waals surface area contributed by atoms with Crippen molar-refractivity contribution in [3.63, 3.8) is 0 Å². The van der Waals surface area contributed by atoms with Gasteiger partial charge in [0.25, 0.3) is 0 Å². The maximum Gasteiger partial charge on any atom is 0.117 e. The molecule has 0 unspecified atom stereocenters. The lowest BCUT2D eigenvalue weighted by molar-refractivity contribution is 0.408. The summed E-state index contributed by atoms with van der Waals surface area (Å²) in [4.78, 5) is 8.73. The number of hydrogen-bond donors (Lipinski definition) is 1. The van der Waals surface area contributed by atoms with Crippen LogP contribution >= 0.6 is 11.8 Å². The van der Waals surface area contributed by atoms with Crippen molar-refractivity contribution in [3.8, 4) is 0 Å². The Morgan fingerprint density at radius 2 is 2.00 bits per heavy atom. The van der Waals surface area contributed by atoms with Crippen molar-refractivity contribution in [2.24, 2.45) is 5.92 Å². The molecule has 3 nitrogen and oxygen atoms in total. The quantitative estimate of drug-likeness (QED) is 0.679. The number of hydrogen-bond acceptors (Lipinski definition) is 4. The first-order valence-electron chi connectivity index (χ1n) is 6.47. The second-order valence-corrected chi connectivity index (χ2v) is 5.71. The Balaban J connectivity index is 1.74. The number of benzene rings is 1. The molecular formula is C14H17N3S. The largest absolute Gasteiger partial charge is 0.317 e. The number of aromatic nitrogens is 2. The van der Waals surface area contributed by atoms with Crippen molar-refractivity contribution < 1.29 is 0 Å².